The predicted molar refractivity (Wildman–Crippen MR) is 59.6 cm³/mol. The van der Waals surface area contributed by atoms with E-state index in [2.05, 4.69) is 0 Å². The number of benzene rings is 1. The molecule has 0 saturated carbocycles. The molecule has 15 heavy (non-hydrogen) atoms. The van der Waals surface area contributed by atoms with E-state index in [1.54, 1.807) is 0 Å². The van der Waals surface area contributed by atoms with Crippen LogP contribution in [0.2, 0.25) is 10.0 Å². The van der Waals surface area contributed by atoms with Gasteiger partial charge in [-0.2, -0.15) is 0 Å². The highest BCUT2D eigenvalue weighted by Crippen LogP contribution is 2.37. The number of hydrogen-bond donors (Lipinski definition) is 0. The first-order valence-corrected chi connectivity index (χ1v) is 4.98. The van der Waals surface area contributed by atoms with E-state index in [0.717, 1.165) is 5.56 Å². The van der Waals surface area contributed by atoms with Crippen LogP contribution in [0.1, 0.15) is 10.6 Å². The summed E-state index contributed by atoms with van der Waals surface area (Å²) in [6.45, 7) is 0. The van der Waals surface area contributed by atoms with Crippen LogP contribution in [-0.4, -0.2) is 6.29 Å². The molecule has 1 heterocycles. The van der Waals surface area contributed by atoms with Crippen LogP contribution >= 0.6 is 23.2 Å². The lowest BCUT2D eigenvalue weighted by atomic mass is 10.2. The smallest absolute Gasteiger partial charge is 0.187 e. The maximum atomic E-state index is 10.6. The lowest BCUT2D eigenvalue weighted by molar-refractivity contribution is 0.110. The Bertz CT molecular complexity index is 489. The van der Waals surface area contributed by atoms with Crippen LogP contribution in [0.3, 0.4) is 0 Å². The van der Waals surface area contributed by atoms with Crippen molar-refractivity contribution in [2.24, 2.45) is 0 Å². The van der Waals surface area contributed by atoms with Crippen LogP contribution < -0.4 is 0 Å². The van der Waals surface area contributed by atoms with Gasteiger partial charge in [-0.1, -0.05) is 53.5 Å². The summed E-state index contributed by atoms with van der Waals surface area (Å²) in [5.41, 5.74) is 0.789. The maximum absolute atomic E-state index is 10.6. The molecular formula is C11H6Cl2O2. The van der Waals surface area contributed by atoms with Gasteiger partial charge in [0, 0.05) is 5.56 Å². The summed E-state index contributed by atoms with van der Waals surface area (Å²) in [7, 11) is 0. The van der Waals surface area contributed by atoms with E-state index in [9.17, 15) is 4.79 Å². The highest BCUT2D eigenvalue weighted by atomic mass is 35.5. The molecule has 0 aliphatic carbocycles. The number of rotatable bonds is 2. The van der Waals surface area contributed by atoms with Crippen LogP contribution in [0.4, 0.5) is 0 Å². The molecular weight excluding hydrogens is 235 g/mol. The van der Waals surface area contributed by atoms with Crippen molar-refractivity contribution in [3.05, 3.63) is 46.1 Å². The van der Waals surface area contributed by atoms with Gasteiger partial charge in [0.25, 0.3) is 0 Å². The summed E-state index contributed by atoms with van der Waals surface area (Å²) >= 11 is 11.7. The molecule has 0 atom stereocenters. The van der Waals surface area contributed by atoms with Gasteiger partial charge >= 0.3 is 0 Å². The van der Waals surface area contributed by atoms with Crippen LogP contribution in [0.25, 0.3) is 11.3 Å². The minimum Gasteiger partial charge on any atom is -0.450 e. The van der Waals surface area contributed by atoms with Crippen LogP contribution in [-0.2, 0) is 0 Å². The molecule has 1 aromatic heterocycles. The highest BCUT2D eigenvalue weighted by Gasteiger charge is 2.17. The van der Waals surface area contributed by atoms with Crippen LogP contribution in [0.5, 0.6) is 0 Å². The molecule has 0 bridgehead atoms. The molecule has 0 radical (unpaired) electrons. The Kier molecular flexibility index (Phi) is 2.80. The fraction of sp³-hybridized carbons (Fsp3) is 0. The van der Waals surface area contributed by atoms with E-state index >= 15 is 0 Å². The van der Waals surface area contributed by atoms with Gasteiger partial charge in [-0.3, -0.25) is 4.79 Å². The summed E-state index contributed by atoms with van der Waals surface area (Å²) in [6, 6.07) is 9.24. The Morgan fingerprint density at radius 1 is 1.07 bits per heavy atom. The van der Waals surface area contributed by atoms with Crippen LogP contribution in [0.15, 0.2) is 34.7 Å². The third-order valence-electron chi connectivity index (χ3n) is 1.96. The fourth-order valence-corrected chi connectivity index (χ4v) is 1.67. The Hall–Kier alpha value is -1.25. The van der Waals surface area contributed by atoms with Crippen molar-refractivity contribution >= 4 is 29.5 Å². The Morgan fingerprint density at radius 2 is 1.73 bits per heavy atom. The number of halogens is 2. The second-order valence-electron chi connectivity index (χ2n) is 2.91. The van der Waals surface area contributed by atoms with Crippen LogP contribution in [0, 0.1) is 0 Å². The monoisotopic (exact) mass is 240 g/mol. The molecule has 2 nitrogen and oxygen atoms in total. The first-order valence-electron chi connectivity index (χ1n) is 4.22. The van der Waals surface area contributed by atoms with Gasteiger partial charge in [-0.25, -0.2) is 0 Å². The van der Waals surface area contributed by atoms with Crippen molar-refractivity contribution in [1.29, 1.82) is 0 Å². The van der Waals surface area contributed by atoms with Crippen molar-refractivity contribution < 1.29 is 9.21 Å². The minimum atomic E-state index is 0.0560. The number of furan rings is 1. The molecule has 4 heteroatoms. The van der Waals surface area contributed by atoms with Crippen molar-refractivity contribution in [3.8, 4) is 11.3 Å². The number of aldehydes is 1. The number of hydrogen-bond acceptors (Lipinski definition) is 2. The van der Waals surface area contributed by atoms with Gasteiger partial charge in [0.2, 0.25) is 0 Å². The molecule has 0 unspecified atom stereocenters. The third kappa shape index (κ3) is 1.78. The molecule has 2 aromatic rings. The van der Waals surface area contributed by atoms with E-state index in [4.69, 9.17) is 27.6 Å². The molecule has 0 fully saturated rings. The lowest BCUT2D eigenvalue weighted by Crippen LogP contribution is -1.72. The molecule has 0 amide bonds. The van der Waals surface area contributed by atoms with E-state index in [1.165, 1.54) is 0 Å². The van der Waals surface area contributed by atoms with Gasteiger partial charge in [-0.05, 0) is 0 Å². The van der Waals surface area contributed by atoms with E-state index < -0.39 is 0 Å². The van der Waals surface area contributed by atoms with E-state index in [0.29, 0.717) is 12.0 Å². The number of carbonyl (C=O) groups is 1. The van der Waals surface area contributed by atoms with Crippen molar-refractivity contribution in [2.45, 2.75) is 0 Å². The number of carbonyl (C=O) groups excluding carboxylic acids is 1. The normalized spacial score (nSPS) is 10.3. The Labute approximate surface area is 96.4 Å². The largest absolute Gasteiger partial charge is 0.450 e. The first-order chi connectivity index (χ1) is 7.24. The molecule has 0 N–H and O–H groups in total. The minimum absolute atomic E-state index is 0.0560. The average Bonchev–Trinajstić information content (AvgIpc) is 2.57. The maximum Gasteiger partial charge on any atom is 0.187 e. The quantitative estimate of drug-likeness (QED) is 0.742. The zero-order chi connectivity index (χ0) is 10.8. The second kappa shape index (κ2) is 4.09. The summed E-state index contributed by atoms with van der Waals surface area (Å²) in [5.74, 6) is 0.477. The molecule has 1 aromatic carbocycles. The zero-order valence-electron chi connectivity index (χ0n) is 7.54. The first kappa shape index (κ1) is 10.3. The molecule has 0 saturated heterocycles. The van der Waals surface area contributed by atoms with E-state index in [-0.39, 0.29) is 15.8 Å². The molecule has 0 aliphatic rings. The Balaban J connectivity index is 2.59. The second-order valence-corrected chi connectivity index (χ2v) is 3.66. The zero-order valence-corrected chi connectivity index (χ0v) is 9.05. The van der Waals surface area contributed by atoms with Gasteiger partial charge in [0.15, 0.2) is 17.8 Å². The Morgan fingerprint density at radius 3 is 2.27 bits per heavy atom. The van der Waals surface area contributed by atoms with Gasteiger partial charge in [-0.15, -0.1) is 0 Å². The summed E-state index contributed by atoms with van der Waals surface area (Å²) in [5, 5.41) is 0.426. The fourth-order valence-electron chi connectivity index (χ4n) is 1.26. The van der Waals surface area contributed by atoms with Gasteiger partial charge in [0.05, 0.1) is 0 Å². The average molecular weight is 241 g/mol. The molecule has 2 rings (SSSR count). The lowest BCUT2D eigenvalue weighted by Gasteiger charge is -1.95. The predicted octanol–water partition coefficient (Wildman–Crippen LogP) is 4.07. The van der Waals surface area contributed by atoms with Gasteiger partial charge < -0.3 is 4.42 Å². The summed E-state index contributed by atoms with van der Waals surface area (Å²) in [6.07, 6.45) is 0.542. The van der Waals surface area contributed by atoms with Crippen molar-refractivity contribution in [3.63, 3.8) is 0 Å². The van der Waals surface area contributed by atoms with Gasteiger partial charge in [0.1, 0.15) is 10.0 Å². The molecule has 76 valence electrons. The molecule has 0 spiro atoms. The topological polar surface area (TPSA) is 30.2 Å². The highest BCUT2D eigenvalue weighted by molar-refractivity contribution is 6.44. The standard InChI is InChI=1S/C11H6Cl2O2/c12-9-8(6-14)15-11(10(9)13)7-4-2-1-3-5-7/h1-6H. The summed E-state index contributed by atoms with van der Waals surface area (Å²) < 4.78 is 5.25. The van der Waals surface area contributed by atoms with Crippen molar-refractivity contribution in [2.75, 3.05) is 0 Å². The van der Waals surface area contributed by atoms with E-state index in [1.807, 2.05) is 30.3 Å². The molecule has 0 aliphatic heterocycles. The third-order valence-corrected chi connectivity index (χ3v) is 2.80. The SMILES string of the molecule is O=Cc1oc(-c2ccccc2)c(Cl)c1Cl. The van der Waals surface area contributed by atoms with Crippen molar-refractivity contribution in [1.82, 2.24) is 0 Å². The summed E-state index contributed by atoms with van der Waals surface area (Å²) in [4.78, 5) is 10.6.